The second-order valence-corrected chi connectivity index (χ2v) is 4.41. The van der Waals surface area contributed by atoms with Gasteiger partial charge in [-0.3, -0.25) is 4.68 Å². The fourth-order valence-corrected chi connectivity index (χ4v) is 1.88. The Morgan fingerprint density at radius 2 is 2.21 bits per heavy atom. The van der Waals surface area contributed by atoms with Crippen molar-refractivity contribution in [3.63, 3.8) is 0 Å². The molecule has 0 aliphatic carbocycles. The molecular formula is C14H15FN4. The third-order valence-corrected chi connectivity index (χ3v) is 2.76. The molecule has 0 spiro atoms. The maximum Gasteiger partial charge on any atom is 0.124 e. The van der Waals surface area contributed by atoms with Crippen LogP contribution in [0.3, 0.4) is 0 Å². The first-order valence-electron chi connectivity index (χ1n) is 6.05. The minimum absolute atomic E-state index is 0.351. The highest BCUT2D eigenvalue weighted by atomic mass is 19.1. The molecule has 2 rings (SSSR count). The predicted molar refractivity (Wildman–Crippen MR) is 69.7 cm³/mol. The molecule has 98 valence electrons. The molecule has 5 heteroatoms. The second-order valence-electron chi connectivity index (χ2n) is 4.41. The summed E-state index contributed by atoms with van der Waals surface area (Å²) in [6, 6.07) is 6.32. The van der Waals surface area contributed by atoms with Crippen LogP contribution in [-0.2, 0) is 20.0 Å². The molecule has 0 bridgehead atoms. The number of nitriles is 1. The lowest BCUT2D eigenvalue weighted by Gasteiger charge is -2.04. The van der Waals surface area contributed by atoms with Gasteiger partial charge in [-0.25, -0.2) is 4.39 Å². The highest BCUT2D eigenvalue weighted by Crippen LogP contribution is 2.08. The van der Waals surface area contributed by atoms with Crippen LogP contribution >= 0.6 is 0 Å². The highest BCUT2D eigenvalue weighted by Gasteiger charge is 2.01. The zero-order valence-corrected chi connectivity index (χ0v) is 10.7. The van der Waals surface area contributed by atoms with E-state index in [-0.39, 0.29) is 5.82 Å². The van der Waals surface area contributed by atoms with E-state index in [1.54, 1.807) is 10.7 Å². The molecule has 1 heterocycles. The van der Waals surface area contributed by atoms with Crippen molar-refractivity contribution in [3.05, 3.63) is 53.1 Å². The third-order valence-electron chi connectivity index (χ3n) is 2.76. The third kappa shape index (κ3) is 3.90. The van der Waals surface area contributed by atoms with Crippen LogP contribution in [0.4, 0.5) is 4.39 Å². The molecule has 2 aromatic rings. The number of aryl methyl sites for hydroxylation is 1. The Kier molecular flexibility index (Phi) is 4.26. The first kappa shape index (κ1) is 13.2. The summed E-state index contributed by atoms with van der Waals surface area (Å²) in [5.41, 5.74) is 2.29. The molecule has 0 radical (unpaired) electrons. The van der Waals surface area contributed by atoms with Crippen LogP contribution in [0.5, 0.6) is 0 Å². The van der Waals surface area contributed by atoms with E-state index in [2.05, 4.69) is 10.4 Å². The highest BCUT2D eigenvalue weighted by molar-refractivity contribution is 5.33. The first-order valence-corrected chi connectivity index (χ1v) is 6.05. The van der Waals surface area contributed by atoms with Crippen molar-refractivity contribution >= 4 is 0 Å². The van der Waals surface area contributed by atoms with Gasteiger partial charge in [0, 0.05) is 19.8 Å². The maximum absolute atomic E-state index is 13.2. The Balaban J connectivity index is 1.83. The van der Waals surface area contributed by atoms with Gasteiger partial charge in [0.15, 0.2) is 0 Å². The molecule has 0 amide bonds. The quantitative estimate of drug-likeness (QED) is 0.831. The molecule has 19 heavy (non-hydrogen) atoms. The van der Waals surface area contributed by atoms with Crippen LogP contribution in [0.25, 0.3) is 0 Å². The monoisotopic (exact) mass is 258 g/mol. The number of benzene rings is 1. The van der Waals surface area contributed by atoms with Gasteiger partial charge in [0.05, 0.1) is 17.8 Å². The molecule has 0 aliphatic rings. The van der Waals surface area contributed by atoms with Crippen LogP contribution in [0, 0.1) is 17.1 Å². The number of hydrogen-bond acceptors (Lipinski definition) is 3. The molecule has 1 aromatic carbocycles. The largest absolute Gasteiger partial charge is 0.312 e. The van der Waals surface area contributed by atoms with E-state index in [0.717, 1.165) is 24.1 Å². The molecule has 0 aliphatic heterocycles. The predicted octanol–water partition coefficient (Wildman–Crippen LogP) is 1.76. The Bertz CT molecular complexity index is 598. The van der Waals surface area contributed by atoms with Gasteiger partial charge in [-0.05, 0) is 42.3 Å². The van der Waals surface area contributed by atoms with Gasteiger partial charge in [-0.15, -0.1) is 0 Å². The van der Waals surface area contributed by atoms with Crippen LogP contribution in [0.15, 0.2) is 30.6 Å². The molecule has 0 atom stereocenters. The summed E-state index contributed by atoms with van der Waals surface area (Å²) in [7, 11) is 1.88. The topological polar surface area (TPSA) is 53.6 Å². The van der Waals surface area contributed by atoms with Crippen molar-refractivity contribution in [1.29, 1.82) is 5.26 Å². The molecule has 1 aromatic heterocycles. The summed E-state index contributed by atoms with van der Waals surface area (Å²) in [5.74, 6) is -0.372. The van der Waals surface area contributed by atoms with E-state index in [0.29, 0.717) is 12.1 Å². The smallest absolute Gasteiger partial charge is 0.124 e. The van der Waals surface area contributed by atoms with E-state index >= 15 is 0 Å². The van der Waals surface area contributed by atoms with Gasteiger partial charge in [0.2, 0.25) is 0 Å². The molecule has 0 fully saturated rings. The van der Waals surface area contributed by atoms with Gasteiger partial charge in [0.25, 0.3) is 0 Å². The molecule has 0 saturated carbocycles. The average Bonchev–Trinajstić information content (AvgIpc) is 2.80. The number of nitrogens with zero attached hydrogens (tertiary/aromatic N) is 3. The number of hydrogen-bond donors (Lipinski definition) is 1. The molecular weight excluding hydrogens is 243 g/mol. The van der Waals surface area contributed by atoms with Crippen LogP contribution < -0.4 is 5.32 Å². The van der Waals surface area contributed by atoms with Crippen molar-refractivity contribution in [2.24, 2.45) is 7.05 Å². The first-order chi connectivity index (χ1) is 9.17. The maximum atomic E-state index is 13.2. The lowest BCUT2D eigenvalue weighted by Crippen LogP contribution is -2.16. The molecule has 0 saturated heterocycles. The van der Waals surface area contributed by atoms with E-state index < -0.39 is 0 Å². The Hall–Kier alpha value is -2.19. The number of halogens is 1. The summed E-state index contributed by atoms with van der Waals surface area (Å²) in [5, 5.41) is 16.1. The minimum atomic E-state index is -0.372. The second kappa shape index (κ2) is 6.12. The van der Waals surface area contributed by atoms with Crippen LogP contribution in [0.2, 0.25) is 0 Å². The normalized spacial score (nSPS) is 10.4. The summed E-state index contributed by atoms with van der Waals surface area (Å²) >= 11 is 0. The summed E-state index contributed by atoms with van der Waals surface area (Å²) < 4.78 is 15.0. The van der Waals surface area contributed by atoms with Crippen molar-refractivity contribution < 1.29 is 4.39 Å². The molecule has 1 N–H and O–H groups in total. The molecule has 0 unspecified atom stereocenters. The van der Waals surface area contributed by atoms with E-state index in [1.807, 2.05) is 25.5 Å². The van der Waals surface area contributed by atoms with Crippen molar-refractivity contribution in [3.8, 4) is 6.07 Å². The Morgan fingerprint density at radius 1 is 1.37 bits per heavy atom. The van der Waals surface area contributed by atoms with Crippen molar-refractivity contribution in [2.75, 3.05) is 6.54 Å². The number of nitrogens with one attached hydrogen (secondary N) is 1. The van der Waals surface area contributed by atoms with Crippen LogP contribution in [-0.4, -0.2) is 16.3 Å². The number of rotatable bonds is 5. The lowest BCUT2D eigenvalue weighted by molar-refractivity contribution is 0.619. The van der Waals surface area contributed by atoms with Gasteiger partial charge >= 0.3 is 0 Å². The van der Waals surface area contributed by atoms with Crippen molar-refractivity contribution in [1.82, 2.24) is 15.1 Å². The zero-order valence-electron chi connectivity index (χ0n) is 10.7. The Labute approximate surface area is 111 Å². The van der Waals surface area contributed by atoms with E-state index in [9.17, 15) is 4.39 Å². The van der Waals surface area contributed by atoms with Gasteiger partial charge in [-0.2, -0.15) is 10.4 Å². The minimum Gasteiger partial charge on any atom is -0.312 e. The molecule has 4 nitrogen and oxygen atoms in total. The lowest BCUT2D eigenvalue weighted by atomic mass is 10.1. The summed E-state index contributed by atoms with van der Waals surface area (Å²) in [4.78, 5) is 0. The average molecular weight is 258 g/mol. The van der Waals surface area contributed by atoms with Crippen molar-refractivity contribution in [2.45, 2.75) is 13.0 Å². The zero-order chi connectivity index (χ0) is 13.7. The van der Waals surface area contributed by atoms with Gasteiger partial charge in [-0.1, -0.05) is 0 Å². The number of aromatic nitrogens is 2. The van der Waals surface area contributed by atoms with E-state index in [4.69, 9.17) is 5.26 Å². The summed E-state index contributed by atoms with van der Waals surface area (Å²) in [6.07, 6.45) is 4.67. The fraction of sp³-hybridized carbons (Fsp3) is 0.286. The van der Waals surface area contributed by atoms with Gasteiger partial charge in [0.1, 0.15) is 5.82 Å². The standard InChI is InChI=1S/C14H15FN4/c1-19-10-11(9-18-19)2-3-17-8-13-4-12(7-16)5-14(15)6-13/h4-6,9-10,17H,2-3,8H2,1H3. The Morgan fingerprint density at radius 3 is 2.89 bits per heavy atom. The van der Waals surface area contributed by atoms with E-state index in [1.165, 1.54) is 12.1 Å². The van der Waals surface area contributed by atoms with Gasteiger partial charge < -0.3 is 5.32 Å². The summed E-state index contributed by atoms with van der Waals surface area (Å²) in [6.45, 7) is 1.33. The van der Waals surface area contributed by atoms with Crippen LogP contribution in [0.1, 0.15) is 16.7 Å². The SMILES string of the molecule is Cn1cc(CCNCc2cc(F)cc(C#N)c2)cn1. The fourth-order valence-electron chi connectivity index (χ4n) is 1.88.